The lowest BCUT2D eigenvalue weighted by molar-refractivity contribution is -0.112. The number of nitriles is 1. The monoisotopic (exact) mass is 263 g/mol. The normalized spacial score (nSPS) is 10.7. The van der Waals surface area contributed by atoms with Crippen molar-refractivity contribution in [3.8, 4) is 6.07 Å². The SMILES string of the molecule is Cc1ccccc1NC(=O)/C(C#N)=C/c1cccnc1. The van der Waals surface area contributed by atoms with Gasteiger partial charge in [0, 0.05) is 18.1 Å². The second-order valence-electron chi connectivity index (χ2n) is 4.23. The Labute approximate surface area is 117 Å². The number of para-hydroxylation sites is 1. The Hall–Kier alpha value is -2.93. The van der Waals surface area contributed by atoms with Crippen molar-refractivity contribution in [2.24, 2.45) is 0 Å². The molecule has 0 saturated heterocycles. The van der Waals surface area contributed by atoms with E-state index in [1.54, 1.807) is 30.6 Å². The molecule has 0 aliphatic carbocycles. The number of anilines is 1. The molecule has 4 heteroatoms. The van der Waals surface area contributed by atoms with Gasteiger partial charge >= 0.3 is 0 Å². The summed E-state index contributed by atoms with van der Waals surface area (Å²) in [5, 5.41) is 11.8. The number of nitrogens with one attached hydrogen (secondary N) is 1. The zero-order valence-electron chi connectivity index (χ0n) is 11.0. The van der Waals surface area contributed by atoms with Crippen molar-refractivity contribution in [1.82, 2.24) is 4.98 Å². The Morgan fingerprint density at radius 1 is 1.30 bits per heavy atom. The number of rotatable bonds is 3. The molecule has 1 heterocycles. The van der Waals surface area contributed by atoms with E-state index in [0.29, 0.717) is 11.3 Å². The van der Waals surface area contributed by atoms with Crippen LogP contribution in [0.3, 0.4) is 0 Å². The smallest absolute Gasteiger partial charge is 0.266 e. The summed E-state index contributed by atoms with van der Waals surface area (Å²) in [6.45, 7) is 1.90. The summed E-state index contributed by atoms with van der Waals surface area (Å²) in [6.07, 6.45) is 4.75. The summed E-state index contributed by atoms with van der Waals surface area (Å²) in [4.78, 5) is 16.0. The zero-order valence-corrected chi connectivity index (χ0v) is 11.0. The van der Waals surface area contributed by atoms with Gasteiger partial charge in [-0.3, -0.25) is 9.78 Å². The number of benzene rings is 1. The topological polar surface area (TPSA) is 65.8 Å². The molecule has 4 nitrogen and oxygen atoms in total. The molecule has 0 aliphatic rings. The molecule has 0 atom stereocenters. The number of carbonyl (C=O) groups is 1. The van der Waals surface area contributed by atoms with E-state index >= 15 is 0 Å². The molecule has 1 N–H and O–H groups in total. The first kappa shape index (κ1) is 13.5. The molecule has 0 spiro atoms. The summed E-state index contributed by atoms with van der Waals surface area (Å²) < 4.78 is 0. The maximum atomic E-state index is 12.1. The fourth-order valence-corrected chi connectivity index (χ4v) is 1.68. The Balaban J connectivity index is 2.21. The third kappa shape index (κ3) is 3.30. The van der Waals surface area contributed by atoms with Crippen LogP contribution in [0.2, 0.25) is 0 Å². The van der Waals surface area contributed by atoms with Crippen LogP contribution in [0, 0.1) is 18.3 Å². The molecule has 0 fully saturated rings. The van der Waals surface area contributed by atoms with Crippen molar-refractivity contribution >= 4 is 17.7 Å². The molecule has 1 amide bonds. The lowest BCUT2D eigenvalue weighted by atomic mass is 10.1. The molecule has 0 unspecified atom stereocenters. The highest BCUT2D eigenvalue weighted by molar-refractivity contribution is 6.09. The first-order chi connectivity index (χ1) is 9.70. The predicted molar refractivity (Wildman–Crippen MR) is 77.6 cm³/mol. The van der Waals surface area contributed by atoms with Gasteiger partial charge in [0.15, 0.2) is 0 Å². The van der Waals surface area contributed by atoms with Crippen LogP contribution < -0.4 is 5.32 Å². The van der Waals surface area contributed by atoms with Gasteiger partial charge in [0.1, 0.15) is 11.6 Å². The molecule has 2 aromatic rings. The third-order valence-corrected chi connectivity index (χ3v) is 2.75. The summed E-state index contributed by atoms with van der Waals surface area (Å²) in [5.74, 6) is -0.425. The Morgan fingerprint density at radius 2 is 2.10 bits per heavy atom. The van der Waals surface area contributed by atoms with Crippen LogP contribution in [0.4, 0.5) is 5.69 Å². The molecular formula is C16H13N3O. The molecule has 1 aromatic heterocycles. The second-order valence-corrected chi connectivity index (χ2v) is 4.23. The van der Waals surface area contributed by atoms with Crippen molar-refractivity contribution in [1.29, 1.82) is 5.26 Å². The largest absolute Gasteiger partial charge is 0.321 e. The maximum absolute atomic E-state index is 12.1. The highest BCUT2D eigenvalue weighted by atomic mass is 16.1. The molecule has 0 saturated carbocycles. The van der Waals surface area contributed by atoms with Crippen molar-refractivity contribution in [3.63, 3.8) is 0 Å². The third-order valence-electron chi connectivity index (χ3n) is 2.75. The van der Waals surface area contributed by atoms with E-state index in [4.69, 9.17) is 5.26 Å². The van der Waals surface area contributed by atoms with E-state index in [0.717, 1.165) is 5.56 Å². The van der Waals surface area contributed by atoms with Crippen LogP contribution in [-0.4, -0.2) is 10.9 Å². The minimum absolute atomic E-state index is 0.0428. The molecule has 98 valence electrons. The standard InChI is InChI=1S/C16H13N3O/c1-12-5-2-3-7-15(12)19-16(20)14(10-17)9-13-6-4-8-18-11-13/h2-9,11H,1H3,(H,19,20)/b14-9+. The van der Waals surface area contributed by atoms with Gasteiger partial charge in [-0.15, -0.1) is 0 Å². The van der Waals surface area contributed by atoms with Gasteiger partial charge in [-0.2, -0.15) is 5.26 Å². The summed E-state index contributed by atoms with van der Waals surface area (Å²) in [7, 11) is 0. The van der Waals surface area contributed by atoms with Gasteiger partial charge in [-0.25, -0.2) is 0 Å². The van der Waals surface area contributed by atoms with E-state index in [2.05, 4.69) is 10.3 Å². The fraction of sp³-hybridized carbons (Fsp3) is 0.0625. The summed E-state index contributed by atoms with van der Waals surface area (Å²) in [5.41, 5.74) is 2.40. The molecule has 0 bridgehead atoms. The van der Waals surface area contributed by atoms with Crippen LogP contribution in [0.1, 0.15) is 11.1 Å². The van der Waals surface area contributed by atoms with Gasteiger partial charge < -0.3 is 5.32 Å². The predicted octanol–water partition coefficient (Wildman–Crippen LogP) is 2.94. The number of nitrogens with zero attached hydrogens (tertiary/aromatic N) is 2. The molecule has 1 aromatic carbocycles. The molecular weight excluding hydrogens is 250 g/mol. The van der Waals surface area contributed by atoms with Crippen LogP contribution in [-0.2, 0) is 4.79 Å². The van der Waals surface area contributed by atoms with E-state index in [-0.39, 0.29) is 5.57 Å². The highest BCUT2D eigenvalue weighted by Gasteiger charge is 2.10. The average Bonchev–Trinajstić information content (AvgIpc) is 2.48. The maximum Gasteiger partial charge on any atom is 0.266 e. The lowest BCUT2D eigenvalue weighted by Crippen LogP contribution is -2.14. The fourth-order valence-electron chi connectivity index (χ4n) is 1.68. The van der Waals surface area contributed by atoms with Gasteiger partial charge in [-0.1, -0.05) is 24.3 Å². The van der Waals surface area contributed by atoms with Crippen LogP contribution in [0.5, 0.6) is 0 Å². The number of aryl methyl sites for hydroxylation is 1. The lowest BCUT2D eigenvalue weighted by Gasteiger charge is -2.07. The van der Waals surface area contributed by atoms with Crippen LogP contribution in [0.25, 0.3) is 6.08 Å². The first-order valence-electron chi connectivity index (χ1n) is 6.09. The van der Waals surface area contributed by atoms with E-state index < -0.39 is 5.91 Å². The van der Waals surface area contributed by atoms with Crippen molar-refractivity contribution < 1.29 is 4.79 Å². The minimum Gasteiger partial charge on any atom is -0.321 e. The number of carbonyl (C=O) groups excluding carboxylic acids is 1. The highest BCUT2D eigenvalue weighted by Crippen LogP contribution is 2.15. The number of hydrogen-bond acceptors (Lipinski definition) is 3. The Kier molecular flexibility index (Phi) is 4.25. The van der Waals surface area contributed by atoms with E-state index in [1.165, 1.54) is 6.08 Å². The van der Waals surface area contributed by atoms with E-state index in [1.807, 2.05) is 31.2 Å². The number of hydrogen-bond donors (Lipinski definition) is 1. The molecule has 0 aliphatic heterocycles. The number of pyridine rings is 1. The summed E-state index contributed by atoms with van der Waals surface area (Å²) in [6, 6.07) is 12.9. The van der Waals surface area contributed by atoms with Crippen LogP contribution in [0.15, 0.2) is 54.4 Å². The average molecular weight is 263 g/mol. The molecule has 20 heavy (non-hydrogen) atoms. The van der Waals surface area contributed by atoms with Gasteiger partial charge in [-0.05, 0) is 36.3 Å². The second kappa shape index (κ2) is 6.30. The first-order valence-corrected chi connectivity index (χ1v) is 6.09. The van der Waals surface area contributed by atoms with Gasteiger partial charge in [0.2, 0.25) is 0 Å². The van der Waals surface area contributed by atoms with E-state index in [9.17, 15) is 4.79 Å². The Morgan fingerprint density at radius 3 is 2.75 bits per heavy atom. The summed E-state index contributed by atoms with van der Waals surface area (Å²) >= 11 is 0. The quantitative estimate of drug-likeness (QED) is 0.684. The van der Waals surface area contributed by atoms with Crippen molar-refractivity contribution in [2.45, 2.75) is 6.92 Å². The Bertz CT molecular complexity index is 684. The molecule has 0 radical (unpaired) electrons. The molecule has 2 rings (SSSR count). The number of amides is 1. The van der Waals surface area contributed by atoms with Crippen LogP contribution >= 0.6 is 0 Å². The van der Waals surface area contributed by atoms with Crippen molar-refractivity contribution in [3.05, 3.63) is 65.5 Å². The zero-order chi connectivity index (χ0) is 14.4. The minimum atomic E-state index is -0.425. The van der Waals surface area contributed by atoms with Crippen molar-refractivity contribution in [2.75, 3.05) is 5.32 Å². The number of aromatic nitrogens is 1. The van der Waals surface area contributed by atoms with Gasteiger partial charge in [0.05, 0.1) is 0 Å². The van der Waals surface area contributed by atoms with Gasteiger partial charge in [0.25, 0.3) is 5.91 Å².